The number of aliphatic hydroxyl groups is 1. The fourth-order valence-electron chi connectivity index (χ4n) is 4.18. The van der Waals surface area contributed by atoms with E-state index >= 15 is 0 Å². The first-order valence-electron chi connectivity index (χ1n) is 11.1. The molecule has 0 saturated carbocycles. The van der Waals surface area contributed by atoms with Gasteiger partial charge in [-0.15, -0.1) is 0 Å². The second-order valence-electron chi connectivity index (χ2n) is 9.40. The Kier molecular flexibility index (Phi) is 7.28. The maximum atomic E-state index is 13.1. The molecule has 1 heterocycles. The zero-order valence-corrected chi connectivity index (χ0v) is 20.3. The number of carbonyl (C=O) groups excluding carboxylic acids is 2. The number of carbonyl (C=O) groups is 2. The van der Waals surface area contributed by atoms with Crippen LogP contribution in [0, 0.1) is 6.92 Å². The van der Waals surface area contributed by atoms with Gasteiger partial charge in [-0.1, -0.05) is 45.0 Å². The van der Waals surface area contributed by atoms with Crippen LogP contribution >= 0.6 is 0 Å². The molecule has 2 aromatic rings. The normalized spacial score (nSPS) is 18.1. The minimum atomic E-state index is -0.678. The third-order valence-electron chi connectivity index (χ3n) is 6.05. The van der Waals surface area contributed by atoms with Gasteiger partial charge in [-0.2, -0.15) is 0 Å². The lowest BCUT2D eigenvalue weighted by atomic mass is 9.85. The third-order valence-corrected chi connectivity index (χ3v) is 6.05. The first-order valence-corrected chi connectivity index (χ1v) is 11.1. The molecule has 3 rings (SSSR count). The summed E-state index contributed by atoms with van der Waals surface area (Å²) in [6, 6.07) is 12.4. The standard InChI is InChI=1S/C27H33NO5/c1-17-16-19(10-13-21(17)33-6)24(29)22-23(18-8-11-20(12-9-18)27(2,3)4)28(14-7-15-32-5)26(31)25(22)30/h8-13,16,23,29H,7,14-15H2,1-6H3/t23-/m1/s1. The molecule has 6 heteroatoms. The average Bonchev–Trinajstić information content (AvgIpc) is 3.03. The Bertz CT molecular complexity index is 1060. The van der Waals surface area contributed by atoms with Crippen molar-refractivity contribution in [3.05, 3.63) is 70.3 Å². The van der Waals surface area contributed by atoms with Gasteiger partial charge in [-0.3, -0.25) is 9.59 Å². The molecular weight excluding hydrogens is 418 g/mol. The van der Waals surface area contributed by atoms with Gasteiger partial charge in [0, 0.05) is 25.8 Å². The van der Waals surface area contributed by atoms with Crippen LogP contribution in [0.5, 0.6) is 5.75 Å². The Hall–Kier alpha value is -3.12. The van der Waals surface area contributed by atoms with Crippen LogP contribution in [-0.4, -0.2) is 49.1 Å². The number of aryl methyl sites for hydroxylation is 1. The summed E-state index contributed by atoms with van der Waals surface area (Å²) in [5.74, 6) is -0.787. The van der Waals surface area contributed by atoms with Crippen LogP contribution in [0.2, 0.25) is 0 Å². The molecule has 0 spiro atoms. The number of methoxy groups -OCH3 is 2. The Morgan fingerprint density at radius 2 is 1.73 bits per heavy atom. The van der Waals surface area contributed by atoms with Crippen molar-refractivity contribution < 1.29 is 24.2 Å². The number of amides is 1. The van der Waals surface area contributed by atoms with E-state index in [2.05, 4.69) is 20.8 Å². The number of hydrogen-bond donors (Lipinski definition) is 1. The number of benzene rings is 2. The number of rotatable bonds is 7. The molecule has 1 fully saturated rings. The van der Waals surface area contributed by atoms with Gasteiger partial charge in [0.25, 0.3) is 11.7 Å². The van der Waals surface area contributed by atoms with Crippen LogP contribution in [0.1, 0.15) is 55.5 Å². The molecular formula is C27H33NO5. The fraction of sp³-hybridized carbons (Fsp3) is 0.407. The van der Waals surface area contributed by atoms with Gasteiger partial charge in [-0.05, 0) is 53.6 Å². The Labute approximate surface area is 195 Å². The number of likely N-dealkylation sites (tertiary alicyclic amines) is 1. The van der Waals surface area contributed by atoms with Gasteiger partial charge in [0.05, 0.1) is 18.7 Å². The van der Waals surface area contributed by atoms with E-state index in [1.165, 1.54) is 4.90 Å². The van der Waals surface area contributed by atoms with Crippen molar-refractivity contribution in [3.63, 3.8) is 0 Å². The second kappa shape index (κ2) is 9.79. The van der Waals surface area contributed by atoms with Crippen LogP contribution in [-0.2, 0) is 19.7 Å². The molecule has 0 unspecified atom stereocenters. The van der Waals surface area contributed by atoms with E-state index in [0.29, 0.717) is 30.9 Å². The lowest BCUT2D eigenvalue weighted by Crippen LogP contribution is -2.31. The van der Waals surface area contributed by atoms with Gasteiger partial charge in [0.15, 0.2) is 0 Å². The van der Waals surface area contributed by atoms with Gasteiger partial charge in [-0.25, -0.2) is 0 Å². The van der Waals surface area contributed by atoms with E-state index in [-0.39, 0.29) is 16.7 Å². The van der Waals surface area contributed by atoms with E-state index in [0.717, 1.165) is 16.7 Å². The topological polar surface area (TPSA) is 76.1 Å². The fourth-order valence-corrected chi connectivity index (χ4v) is 4.18. The van der Waals surface area contributed by atoms with E-state index in [1.54, 1.807) is 32.4 Å². The van der Waals surface area contributed by atoms with Crippen LogP contribution < -0.4 is 4.74 Å². The molecule has 1 N–H and O–H groups in total. The Morgan fingerprint density at radius 1 is 1.06 bits per heavy atom. The zero-order valence-electron chi connectivity index (χ0n) is 20.3. The molecule has 33 heavy (non-hydrogen) atoms. The number of aliphatic hydroxyl groups excluding tert-OH is 1. The highest BCUT2D eigenvalue weighted by atomic mass is 16.5. The predicted octanol–water partition coefficient (Wildman–Crippen LogP) is 4.76. The van der Waals surface area contributed by atoms with Crippen molar-refractivity contribution in [1.82, 2.24) is 4.90 Å². The zero-order chi connectivity index (χ0) is 24.3. The molecule has 176 valence electrons. The van der Waals surface area contributed by atoms with E-state index in [9.17, 15) is 14.7 Å². The summed E-state index contributed by atoms with van der Waals surface area (Å²) in [4.78, 5) is 27.6. The molecule has 1 saturated heterocycles. The summed E-state index contributed by atoms with van der Waals surface area (Å²) < 4.78 is 10.4. The summed E-state index contributed by atoms with van der Waals surface area (Å²) in [7, 11) is 3.18. The number of nitrogens with zero attached hydrogens (tertiary/aromatic N) is 1. The first kappa shape index (κ1) is 24.5. The highest BCUT2D eigenvalue weighted by Gasteiger charge is 2.45. The summed E-state index contributed by atoms with van der Waals surface area (Å²) >= 11 is 0. The maximum Gasteiger partial charge on any atom is 0.295 e. The lowest BCUT2D eigenvalue weighted by Gasteiger charge is -2.26. The molecule has 0 bridgehead atoms. The van der Waals surface area contributed by atoms with Crippen LogP contribution in [0.15, 0.2) is 48.0 Å². The minimum absolute atomic E-state index is 0.0283. The van der Waals surface area contributed by atoms with Crippen LogP contribution in [0.3, 0.4) is 0 Å². The number of hydrogen-bond acceptors (Lipinski definition) is 5. The van der Waals surface area contributed by atoms with Gasteiger partial charge in [0.2, 0.25) is 0 Å². The van der Waals surface area contributed by atoms with Crippen LogP contribution in [0.25, 0.3) is 5.76 Å². The van der Waals surface area contributed by atoms with Gasteiger partial charge >= 0.3 is 0 Å². The monoisotopic (exact) mass is 451 g/mol. The number of Topliss-reactive ketones (excluding diaryl/α,β-unsaturated/α-hetero) is 1. The molecule has 1 atom stereocenters. The molecule has 1 aliphatic rings. The maximum absolute atomic E-state index is 13.1. The first-order chi connectivity index (χ1) is 15.6. The molecule has 1 amide bonds. The number of ketones is 1. The van der Waals surface area contributed by atoms with Crippen molar-refractivity contribution in [2.24, 2.45) is 0 Å². The highest BCUT2D eigenvalue weighted by Crippen LogP contribution is 2.40. The molecule has 0 aliphatic carbocycles. The minimum Gasteiger partial charge on any atom is -0.507 e. The summed E-state index contributed by atoms with van der Waals surface area (Å²) in [5, 5.41) is 11.2. The number of ether oxygens (including phenoxy) is 2. The smallest absolute Gasteiger partial charge is 0.295 e. The van der Waals surface area contributed by atoms with Crippen molar-refractivity contribution in [3.8, 4) is 5.75 Å². The van der Waals surface area contributed by atoms with Gasteiger partial charge in [0.1, 0.15) is 11.5 Å². The molecule has 2 aromatic carbocycles. The van der Waals surface area contributed by atoms with Crippen LogP contribution in [0.4, 0.5) is 0 Å². The molecule has 0 aromatic heterocycles. The Morgan fingerprint density at radius 3 is 2.27 bits per heavy atom. The third kappa shape index (κ3) is 4.96. The van der Waals surface area contributed by atoms with Crippen molar-refractivity contribution in [2.75, 3.05) is 27.4 Å². The quantitative estimate of drug-likeness (QED) is 0.284. The van der Waals surface area contributed by atoms with Gasteiger partial charge < -0.3 is 19.5 Å². The van der Waals surface area contributed by atoms with Crippen molar-refractivity contribution >= 4 is 17.4 Å². The van der Waals surface area contributed by atoms with E-state index in [1.807, 2.05) is 31.2 Å². The molecule has 0 radical (unpaired) electrons. The van der Waals surface area contributed by atoms with E-state index in [4.69, 9.17) is 9.47 Å². The molecule has 1 aliphatic heterocycles. The summed E-state index contributed by atoms with van der Waals surface area (Å²) in [6.45, 7) is 9.07. The molecule has 6 nitrogen and oxygen atoms in total. The van der Waals surface area contributed by atoms with Crippen molar-refractivity contribution in [1.29, 1.82) is 0 Å². The Balaban J connectivity index is 2.13. The average molecular weight is 452 g/mol. The summed E-state index contributed by atoms with van der Waals surface area (Å²) in [6.07, 6.45) is 0.585. The lowest BCUT2D eigenvalue weighted by molar-refractivity contribution is -0.140. The predicted molar refractivity (Wildman–Crippen MR) is 128 cm³/mol. The van der Waals surface area contributed by atoms with E-state index < -0.39 is 17.7 Å². The largest absolute Gasteiger partial charge is 0.507 e. The highest BCUT2D eigenvalue weighted by molar-refractivity contribution is 6.46. The SMILES string of the molecule is COCCCN1C(=O)C(=O)C(=C(O)c2ccc(OC)c(C)c2)[C@H]1c1ccc(C(C)(C)C)cc1. The summed E-state index contributed by atoms with van der Waals surface area (Å²) in [5.41, 5.74) is 3.30. The van der Waals surface area contributed by atoms with Crippen molar-refractivity contribution in [2.45, 2.75) is 45.6 Å². The second-order valence-corrected chi connectivity index (χ2v) is 9.40.